The summed E-state index contributed by atoms with van der Waals surface area (Å²) in [7, 11) is 0. The Morgan fingerprint density at radius 3 is 2.83 bits per heavy atom. The number of aryl methyl sites for hydroxylation is 1. The number of hydrogen-bond donors (Lipinski definition) is 1. The van der Waals surface area contributed by atoms with Gasteiger partial charge in [0.05, 0.1) is 5.69 Å². The first-order valence-electron chi connectivity index (χ1n) is 8.12. The summed E-state index contributed by atoms with van der Waals surface area (Å²) in [6.45, 7) is 14.5. The summed E-state index contributed by atoms with van der Waals surface area (Å²) in [6.07, 6.45) is 3.87. The third-order valence-electron chi connectivity index (χ3n) is 3.57. The molecule has 2 aromatic rings. The Labute approximate surface area is 143 Å². The first-order chi connectivity index (χ1) is 11.0. The van der Waals surface area contributed by atoms with Crippen LogP contribution >= 0.6 is 11.3 Å². The van der Waals surface area contributed by atoms with Gasteiger partial charge in [0.25, 0.3) is 0 Å². The van der Waals surface area contributed by atoms with Crippen molar-refractivity contribution in [3.8, 4) is 0 Å². The van der Waals surface area contributed by atoms with Crippen LogP contribution in [-0.2, 0) is 6.42 Å². The number of anilines is 3. The molecule has 0 saturated heterocycles. The van der Waals surface area contributed by atoms with E-state index < -0.39 is 0 Å². The van der Waals surface area contributed by atoms with Crippen molar-refractivity contribution in [3.63, 3.8) is 0 Å². The van der Waals surface area contributed by atoms with Crippen LogP contribution in [0.25, 0.3) is 0 Å². The number of rotatable bonds is 8. The zero-order valence-corrected chi connectivity index (χ0v) is 15.3. The molecule has 124 valence electrons. The Bertz CT molecular complexity index is 663. The topological polar surface area (TPSA) is 41.0 Å². The van der Waals surface area contributed by atoms with Crippen LogP contribution < -0.4 is 10.2 Å². The lowest BCUT2D eigenvalue weighted by Crippen LogP contribution is -2.23. The molecule has 2 heterocycles. The molecule has 2 aromatic heterocycles. The summed E-state index contributed by atoms with van der Waals surface area (Å²) in [6, 6.07) is 4.15. The molecule has 2 rings (SSSR count). The Balaban J connectivity index is 2.15. The van der Waals surface area contributed by atoms with Gasteiger partial charge in [-0.1, -0.05) is 19.1 Å². The third-order valence-corrected chi connectivity index (χ3v) is 4.65. The molecule has 0 fully saturated rings. The maximum atomic E-state index is 4.60. The van der Waals surface area contributed by atoms with Crippen LogP contribution in [0.1, 0.15) is 37.8 Å². The fourth-order valence-corrected chi connectivity index (χ4v) is 3.54. The number of nitrogens with one attached hydrogen (secondary N) is 1. The molecule has 0 aromatic carbocycles. The van der Waals surface area contributed by atoms with Crippen LogP contribution in [-0.4, -0.2) is 23.1 Å². The molecular formula is C18H26N4S. The van der Waals surface area contributed by atoms with Gasteiger partial charge in [-0.3, -0.25) is 0 Å². The predicted molar refractivity (Wildman–Crippen MR) is 101 cm³/mol. The van der Waals surface area contributed by atoms with Gasteiger partial charge in [0.1, 0.15) is 5.82 Å². The summed E-state index contributed by atoms with van der Waals surface area (Å²) in [5.41, 5.74) is 3.42. The third kappa shape index (κ3) is 4.79. The standard InChI is InChI=1S/C18H26N4S/c1-6-10-22(7-2)15-8-9-19-17(12-15)21-18-20-14(5)16(23-18)11-13(3)4/h8-9,12H,3,6-7,10-11H2,1-2,4-5H3,(H,19,20,21). The van der Waals surface area contributed by atoms with E-state index >= 15 is 0 Å². The largest absolute Gasteiger partial charge is 0.372 e. The maximum absolute atomic E-state index is 4.60. The minimum Gasteiger partial charge on any atom is -0.372 e. The number of pyridine rings is 1. The lowest BCUT2D eigenvalue weighted by molar-refractivity contribution is 0.791. The van der Waals surface area contributed by atoms with Crippen molar-refractivity contribution < 1.29 is 0 Å². The number of nitrogens with zero attached hydrogens (tertiary/aromatic N) is 3. The van der Waals surface area contributed by atoms with Crippen molar-refractivity contribution in [2.75, 3.05) is 23.3 Å². The van der Waals surface area contributed by atoms with Crippen LogP contribution in [0, 0.1) is 6.92 Å². The van der Waals surface area contributed by atoms with Gasteiger partial charge in [0.15, 0.2) is 5.13 Å². The van der Waals surface area contributed by atoms with Crippen LogP contribution in [0.5, 0.6) is 0 Å². The quantitative estimate of drug-likeness (QED) is 0.696. The molecule has 0 aliphatic heterocycles. The second-order valence-electron chi connectivity index (χ2n) is 5.77. The van der Waals surface area contributed by atoms with Crippen LogP contribution in [0.15, 0.2) is 30.5 Å². The monoisotopic (exact) mass is 330 g/mol. The minimum atomic E-state index is 0.840. The van der Waals surface area contributed by atoms with Gasteiger partial charge in [-0.05, 0) is 33.3 Å². The normalized spacial score (nSPS) is 10.6. The van der Waals surface area contributed by atoms with Crippen LogP contribution in [0.4, 0.5) is 16.6 Å². The highest BCUT2D eigenvalue weighted by Gasteiger charge is 2.10. The van der Waals surface area contributed by atoms with E-state index in [1.54, 1.807) is 11.3 Å². The second kappa shape index (κ2) is 8.11. The zero-order chi connectivity index (χ0) is 16.8. The van der Waals surface area contributed by atoms with Gasteiger partial charge in [-0.2, -0.15) is 0 Å². The number of thiazole rings is 1. The molecule has 5 heteroatoms. The van der Waals surface area contributed by atoms with Gasteiger partial charge < -0.3 is 10.2 Å². The first-order valence-corrected chi connectivity index (χ1v) is 8.93. The SMILES string of the molecule is C=C(C)Cc1sc(Nc2cc(N(CC)CCC)ccn2)nc1C. The van der Waals surface area contributed by atoms with E-state index in [-0.39, 0.29) is 0 Å². The predicted octanol–water partition coefficient (Wildman–Crippen LogP) is 4.95. The van der Waals surface area contributed by atoms with E-state index in [1.165, 1.54) is 10.6 Å². The number of aromatic nitrogens is 2. The van der Waals surface area contributed by atoms with Crippen molar-refractivity contribution in [1.82, 2.24) is 9.97 Å². The highest BCUT2D eigenvalue weighted by Crippen LogP contribution is 2.28. The molecule has 0 amide bonds. The van der Waals surface area contributed by atoms with E-state index in [4.69, 9.17) is 0 Å². The Morgan fingerprint density at radius 1 is 1.39 bits per heavy atom. The van der Waals surface area contributed by atoms with Crippen molar-refractivity contribution in [1.29, 1.82) is 0 Å². The zero-order valence-electron chi connectivity index (χ0n) is 14.5. The molecule has 0 aliphatic carbocycles. The molecule has 0 unspecified atom stereocenters. The molecule has 23 heavy (non-hydrogen) atoms. The lowest BCUT2D eigenvalue weighted by atomic mass is 10.2. The fraction of sp³-hybridized carbons (Fsp3) is 0.444. The highest BCUT2D eigenvalue weighted by molar-refractivity contribution is 7.15. The molecule has 1 N–H and O–H groups in total. The summed E-state index contributed by atoms with van der Waals surface area (Å²) < 4.78 is 0. The summed E-state index contributed by atoms with van der Waals surface area (Å²) in [5, 5.41) is 4.23. The second-order valence-corrected chi connectivity index (χ2v) is 6.85. The highest BCUT2D eigenvalue weighted by atomic mass is 32.1. The molecule has 0 spiro atoms. The van der Waals surface area contributed by atoms with E-state index in [9.17, 15) is 0 Å². The molecule has 0 aliphatic rings. The smallest absolute Gasteiger partial charge is 0.188 e. The Morgan fingerprint density at radius 2 is 2.17 bits per heavy atom. The van der Waals surface area contributed by atoms with Crippen molar-refractivity contribution in [2.24, 2.45) is 0 Å². The van der Waals surface area contributed by atoms with Crippen molar-refractivity contribution in [3.05, 3.63) is 41.1 Å². The van der Waals surface area contributed by atoms with E-state index in [1.807, 2.05) is 20.0 Å². The molecule has 0 saturated carbocycles. The molecule has 4 nitrogen and oxygen atoms in total. The molecular weight excluding hydrogens is 304 g/mol. The minimum absolute atomic E-state index is 0.840. The molecule has 0 bridgehead atoms. The Hall–Kier alpha value is -1.88. The van der Waals surface area contributed by atoms with E-state index in [2.05, 4.69) is 52.7 Å². The fourth-order valence-electron chi connectivity index (χ4n) is 2.45. The summed E-state index contributed by atoms with van der Waals surface area (Å²) >= 11 is 1.68. The summed E-state index contributed by atoms with van der Waals surface area (Å²) in [4.78, 5) is 12.6. The van der Waals surface area contributed by atoms with Gasteiger partial charge >= 0.3 is 0 Å². The van der Waals surface area contributed by atoms with Gasteiger partial charge in [-0.25, -0.2) is 9.97 Å². The lowest BCUT2D eigenvalue weighted by Gasteiger charge is -2.22. The molecule has 0 radical (unpaired) electrons. The van der Waals surface area contributed by atoms with Crippen LogP contribution in [0.2, 0.25) is 0 Å². The van der Waals surface area contributed by atoms with Crippen LogP contribution in [0.3, 0.4) is 0 Å². The average Bonchev–Trinajstić information content (AvgIpc) is 2.84. The number of allylic oxidation sites excluding steroid dienone is 1. The molecule has 0 atom stereocenters. The maximum Gasteiger partial charge on any atom is 0.188 e. The van der Waals surface area contributed by atoms with E-state index in [0.29, 0.717) is 0 Å². The van der Waals surface area contributed by atoms with Gasteiger partial charge in [-0.15, -0.1) is 11.3 Å². The van der Waals surface area contributed by atoms with E-state index in [0.717, 1.165) is 48.1 Å². The summed E-state index contributed by atoms with van der Waals surface area (Å²) in [5.74, 6) is 0.840. The van der Waals surface area contributed by atoms with Gasteiger partial charge in [0, 0.05) is 42.3 Å². The first kappa shape index (κ1) is 17.5. The Kier molecular flexibility index (Phi) is 6.16. The van der Waals surface area contributed by atoms with Crippen molar-refractivity contribution >= 4 is 28.0 Å². The average molecular weight is 331 g/mol. The number of hydrogen-bond acceptors (Lipinski definition) is 5. The van der Waals surface area contributed by atoms with Gasteiger partial charge in [0.2, 0.25) is 0 Å². The van der Waals surface area contributed by atoms with Crippen molar-refractivity contribution in [2.45, 2.75) is 40.5 Å².